The van der Waals surface area contributed by atoms with Crippen LogP contribution in [-0.2, 0) is 16.0 Å². The molecule has 4 rings (SSSR count). The number of morpholine rings is 1. The minimum absolute atomic E-state index is 0.300. The lowest BCUT2D eigenvalue weighted by Crippen LogP contribution is -2.44. The van der Waals surface area contributed by atoms with Gasteiger partial charge in [0.15, 0.2) is 0 Å². The van der Waals surface area contributed by atoms with Gasteiger partial charge in [-0.3, -0.25) is 9.59 Å². The summed E-state index contributed by atoms with van der Waals surface area (Å²) >= 11 is 1.31. The highest BCUT2D eigenvalue weighted by Crippen LogP contribution is 2.28. The average molecular weight is 468 g/mol. The Morgan fingerprint density at radius 1 is 1.06 bits per heavy atom. The molecule has 2 amide bonds. The molecule has 6 nitrogen and oxygen atoms in total. The number of thiophene rings is 1. The van der Waals surface area contributed by atoms with Gasteiger partial charge in [-0.05, 0) is 48.1 Å². The van der Waals surface area contributed by atoms with Crippen LogP contribution in [0.2, 0.25) is 0 Å². The van der Waals surface area contributed by atoms with Gasteiger partial charge in [-0.2, -0.15) is 0 Å². The Bertz CT molecular complexity index is 1070. The van der Waals surface area contributed by atoms with Crippen molar-refractivity contribution in [2.75, 3.05) is 36.5 Å². The van der Waals surface area contributed by atoms with E-state index in [1.54, 1.807) is 18.2 Å². The van der Waals surface area contributed by atoms with Crippen molar-refractivity contribution in [3.05, 3.63) is 82.3 Å². The topological polar surface area (TPSA) is 70.7 Å². The Labute approximate surface area is 196 Å². The zero-order valence-corrected chi connectivity index (χ0v) is 18.9. The smallest absolute Gasteiger partial charge is 0.261 e. The number of nitrogens with one attached hydrogen (secondary N) is 2. The number of aryl methyl sites for hydroxylation is 1. The summed E-state index contributed by atoms with van der Waals surface area (Å²) in [6.45, 7) is 2.45. The van der Waals surface area contributed by atoms with Crippen molar-refractivity contribution >= 4 is 34.5 Å². The molecule has 0 bridgehead atoms. The summed E-state index contributed by atoms with van der Waals surface area (Å²) in [5, 5.41) is 7.53. The summed E-state index contributed by atoms with van der Waals surface area (Å²) in [7, 11) is 0. The van der Waals surface area contributed by atoms with Crippen LogP contribution < -0.4 is 15.5 Å². The van der Waals surface area contributed by atoms with Crippen LogP contribution >= 0.6 is 11.3 Å². The number of hydrogen-bond acceptors (Lipinski definition) is 5. The molecule has 172 valence electrons. The molecule has 1 aliphatic heterocycles. The molecule has 1 unspecified atom stereocenters. The number of anilines is 2. The van der Waals surface area contributed by atoms with Crippen LogP contribution in [0.15, 0.2) is 66.0 Å². The van der Waals surface area contributed by atoms with Crippen LogP contribution in [0.5, 0.6) is 0 Å². The third-order valence-electron chi connectivity index (χ3n) is 5.50. The van der Waals surface area contributed by atoms with Crippen LogP contribution in [-0.4, -0.2) is 44.2 Å². The van der Waals surface area contributed by atoms with Gasteiger partial charge >= 0.3 is 0 Å². The van der Waals surface area contributed by atoms with E-state index in [0.717, 1.165) is 11.3 Å². The van der Waals surface area contributed by atoms with Gasteiger partial charge in [0.25, 0.3) is 5.91 Å². The molecule has 0 aliphatic carbocycles. The van der Waals surface area contributed by atoms with E-state index < -0.39 is 11.9 Å². The van der Waals surface area contributed by atoms with Crippen molar-refractivity contribution in [2.24, 2.45) is 0 Å². The summed E-state index contributed by atoms with van der Waals surface area (Å²) in [6, 6.07) is 16.9. The number of hydrogen-bond donors (Lipinski definition) is 2. The molecule has 0 saturated carbocycles. The zero-order valence-electron chi connectivity index (χ0n) is 18.1. The van der Waals surface area contributed by atoms with Crippen molar-refractivity contribution in [3.63, 3.8) is 0 Å². The summed E-state index contributed by atoms with van der Waals surface area (Å²) in [4.78, 5) is 28.6. The molecule has 1 aliphatic rings. The molecule has 1 aromatic heterocycles. The number of carbonyl (C=O) groups excluding carboxylic acids is 2. The predicted molar refractivity (Wildman–Crippen MR) is 128 cm³/mol. The largest absolute Gasteiger partial charge is 0.378 e. The van der Waals surface area contributed by atoms with E-state index in [1.165, 1.54) is 23.5 Å². The first-order valence-corrected chi connectivity index (χ1v) is 11.8. The SMILES string of the molecule is O=C(NC(CCc1ccccc1)C(=O)Nc1cc(F)ccc1N1CCOCC1)c1cccs1. The number of rotatable bonds is 8. The van der Waals surface area contributed by atoms with Crippen LogP contribution in [0.1, 0.15) is 21.7 Å². The number of benzene rings is 2. The highest BCUT2D eigenvalue weighted by atomic mass is 32.1. The number of amides is 2. The van der Waals surface area contributed by atoms with Crippen molar-refractivity contribution in [1.82, 2.24) is 5.32 Å². The van der Waals surface area contributed by atoms with E-state index in [0.29, 0.717) is 49.7 Å². The minimum Gasteiger partial charge on any atom is -0.378 e. The van der Waals surface area contributed by atoms with E-state index in [1.807, 2.05) is 35.7 Å². The summed E-state index contributed by atoms with van der Waals surface area (Å²) in [5.74, 6) is -1.12. The number of ether oxygens (including phenoxy) is 1. The van der Waals surface area contributed by atoms with Gasteiger partial charge in [0.2, 0.25) is 5.91 Å². The van der Waals surface area contributed by atoms with Gasteiger partial charge in [-0.1, -0.05) is 36.4 Å². The maximum atomic E-state index is 14.1. The molecule has 1 saturated heterocycles. The van der Waals surface area contributed by atoms with Crippen LogP contribution in [0, 0.1) is 5.82 Å². The van der Waals surface area contributed by atoms with Gasteiger partial charge in [0.05, 0.1) is 29.5 Å². The molecule has 3 aromatic rings. The Morgan fingerprint density at radius 3 is 2.58 bits per heavy atom. The first kappa shape index (κ1) is 22.9. The van der Waals surface area contributed by atoms with E-state index in [4.69, 9.17) is 4.74 Å². The van der Waals surface area contributed by atoms with Crippen LogP contribution in [0.25, 0.3) is 0 Å². The molecule has 2 aromatic carbocycles. The van der Waals surface area contributed by atoms with Crippen LogP contribution in [0.3, 0.4) is 0 Å². The second-order valence-corrected chi connectivity index (χ2v) is 8.73. The molecule has 0 spiro atoms. The summed E-state index contributed by atoms with van der Waals surface area (Å²) < 4.78 is 19.5. The molecular formula is C25H26FN3O3S. The summed E-state index contributed by atoms with van der Waals surface area (Å²) in [6.07, 6.45) is 1.03. The average Bonchev–Trinajstić information content (AvgIpc) is 3.38. The standard InChI is InChI=1S/C25H26FN3O3S/c26-19-9-11-22(29-12-14-32-15-13-29)21(17-19)28-24(30)20(10-8-18-5-2-1-3-6-18)27-25(31)23-7-4-16-33-23/h1-7,9,11,16-17,20H,8,10,12-15H2,(H,27,31)(H,28,30). The van der Waals surface area contributed by atoms with Gasteiger partial charge in [0, 0.05) is 13.1 Å². The lowest BCUT2D eigenvalue weighted by atomic mass is 10.0. The van der Waals surface area contributed by atoms with Crippen LogP contribution in [0.4, 0.5) is 15.8 Å². The lowest BCUT2D eigenvalue weighted by Gasteiger charge is -2.31. The highest BCUT2D eigenvalue weighted by molar-refractivity contribution is 7.12. The fourth-order valence-corrected chi connectivity index (χ4v) is 4.40. The van der Waals surface area contributed by atoms with Gasteiger partial charge in [-0.15, -0.1) is 11.3 Å². The predicted octanol–water partition coefficient (Wildman–Crippen LogP) is 4.09. The van der Waals surface area contributed by atoms with E-state index in [-0.39, 0.29) is 11.8 Å². The second kappa shape index (κ2) is 11.1. The molecule has 33 heavy (non-hydrogen) atoms. The summed E-state index contributed by atoms with van der Waals surface area (Å²) in [5.41, 5.74) is 2.19. The Hall–Kier alpha value is -3.23. The fraction of sp³-hybridized carbons (Fsp3) is 0.280. The number of halogens is 1. The minimum atomic E-state index is -0.777. The third-order valence-corrected chi connectivity index (χ3v) is 6.37. The normalized spacial score (nSPS) is 14.5. The Morgan fingerprint density at radius 2 is 1.85 bits per heavy atom. The number of nitrogens with zero attached hydrogens (tertiary/aromatic N) is 1. The van der Waals surface area contributed by atoms with Gasteiger partial charge < -0.3 is 20.3 Å². The molecule has 2 N–H and O–H groups in total. The maximum absolute atomic E-state index is 14.1. The van der Waals surface area contributed by atoms with E-state index in [9.17, 15) is 14.0 Å². The molecule has 0 radical (unpaired) electrons. The Balaban J connectivity index is 1.52. The highest BCUT2D eigenvalue weighted by Gasteiger charge is 2.24. The van der Waals surface area contributed by atoms with Crippen molar-refractivity contribution in [3.8, 4) is 0 Å². The van der Waals surface area contributed by atoms with Crippen molar-refractivity contribution in [1.29, 1.82) is 0 Å². The van der Waals surface area contributed by atoms with E-state index in [2.05, 4.69) is 15.5 Å². The van der Waals surface area contributed by atoms with Crippen molar-refractivity contribution < 1.29 is 18.7 Å². The quantitative estimate of drug-likeness (QED) is 0.524. The van der Waals surface area contributed by atoms with Crippen molar-refractivity contribution in [2.45, 2.75) is 18.9 Å². The second-order valence-electron chi connectivity index (χ2n) is 7.78. The lowest BCUT2D eigenvalue weighted by molar-refractivity contribution is -0.118. The monoisotopic (exact) mass is 467 g/mol. The molecule has 1 atom stereocenters. The molecule has 8 heteroatoms. The fourth-order valence-electron chi connectivity index (χ4n) is 3.77. The van der Waals surface area contributed by atoms with E-state index >= 15 is 0 Å². The zero-order chi connectivity index (χ0) is 23.0. The number of carbonyl (C=O) groups is 2. The Kier molecular flexibility index (Phi) is 7.70. The molecule has 1 fully saturated rings. The first-order valence-electron chi connectivity index (χ1n) is 10.9. The third kappa shape index (κ3) is 6.18. The molecule has 2 heterocycles. The maximum Gasteiger partial charge on any atom is 0.261 e. The molecular weight excluding hydrogens is 441 g/mol. The van der Waals surface area contributed by atoms with Gasteiger partial charge in [-0.25, -0.2) is 4.39 Å². The van der Waals surface area contributed by atoms with Gasteiger partial charge in [0.1, 0.15) is 11.9 Å². The first-order chi connectivity index (χ1) is 16.1.